The first-order valence-electron chi connectivity index (χ1n) is 7.64. The zero-order valence-electron chi connectivity index (χ0n) is 12.2. The number of anilines is 1. The molecule has 4 nitrogen and oxygen atoms in total. The maximum Gasteiger partial charge on any atom is 0.134 e. The van der Waals surface area contributed by atoms with Crippen molar-refractivity contribution in [1.82, 2.24) is 14.5 Å². The van der Waals surface area contributed by atoms with E-state index in [1.54, 1.807) is 0 Å². The van der Waals surface area contributed by atoms with Crippen LogP contribution in [0.5, 0.6) is 0 Å². The van der Waals surface area contributed by atoms with E-state index in [0.29, 0.717) is 0 Å². The van der Waals surface area contributed by atoms with Crippen molar-refractivity contribution in [3.05, 3.63) is 5.69 Å². The second-order valence-corrected chi connectivity index (χ2v) is 6.11. The summed E-state index contributed by atoms with van der Waals surface area (Å²) in [5.41, 5.74) is 1.14. The van der Waals surface area contributed by atoms with Crippen molar-refractivity contribution in [3.8, 4) is 0 Å². The van der Waals surface area contributed by atoms with Crippen molar-refractivity contribution in [3.63, 3.8) is 0 Å². The lowest BCUT2D eigenvalue weighted by molar-refractivity contribution is 0.184. The third-order valence-corrected chi connectivity index (χ3v) is 4.64. The summed E-state index contributed by atoms with van der Waals surface area (Å²) in [6.45, 7) is 7.67. The lowest BCUT2D eigenvalue weighted by atomic mass is 10.1. The van der Waals surface area contributed by atoms with E-state index in [-0.39, 0.29) is 0 Å². The Labute approximate surface area is 120 Å². The Hall–Kier alpha value is -0.680. The topological polar surface area (TPSA) is 41.1 Å². The highest BCUT2D eigenvalue weighted by atomic mass is 32.1. The van der Waals surface area contributed by atoms with Crippen LogP contribution >= 0.6 is 11.5 Å². The van der Waals surface area contributed by atoms with Crippen LogP contribution in [-0.4, -0.2) is 33.6 Å². The van der Waals surface area contributed by atoms with E-state index in [1.165, 1.54) is 55.2 Å². The van der Waals surface area contributed by atoms with E-state index in [0.717, 1.165) is 31.2 Å². The van der Waals surface area contributed by atoms with E-state index in [2.05, 4.69) is 33.7 Å². The Balaban J connectivity index is 1.99. The molecule has 1 aromatic heterocycles. The Kier molecular flexibility index (Phi) is 6.04. The van der Waals surface area contributed by atoms with Gasteiger partial charge in [0.15, 0.2) is 0 Å². The number of aromatic nitrogens is 2. The quantitative estimate of drug-likeness (QED) is 0.867. The number of rotatable bonds is 6. The number of likely N-dealkylation sites (tertiary alicyclic amines) is 1. The molecule has 1 N–H and O–H groups in total. The highest BCUT2D eigenvalue weighted by molar-refractivity contribution is 7.10. The molecule has 0 aromatic carbocycles. The monoisotopic (exact) mass is 282 g/mol. The van der Waals surface area contributed by atoms with Crippen LogP contribution in [0.4, 0.5) is 5.00 Å². The molecule has 2 heterocycles. The highest BCUT2D eigenvalue weighted by Gasteiger charge is 2.21. The van der Waals surface area contributed by atoms with Gasteiger partial charge in [-0.2, -0.15) is 0 Å². The second-order valence-electron chi connectivity index (χ2n) is 5.36. The first kappa shape index (κ1) is 14.7. The van der Waals surface area contributed by atoms with Crippen molar-refractivity contribution >= 4 is 16.5 Å². The third kappa shape index (κ3) is 4.14. The van der Waals surface area contributed by atoms with Gasteiger partial charge < -0.3 is 5.32 Å². The molecule has 0 aliphatic carbocycles. The summed E-state index contributed by atoms with van der Waals surface area (Å²) in [5, 5.41) is 8.94. The van der Waals surface area contributed by atoms with Gasteiger partial charge in [-0.25, -0.2) is 0 Å². The average molecular weight is 282 g/mol. The van der Waals surface area contributed by atoms with E-state index in [4.69, 9.17) is 0 Å². The van der Waals surface area contributed by atoms with Gasteiger partial charge in [-0.05, 0) is 32.2 Å². The van der Waals surface area contributed by atoms with E-state index in [1.807, 2.05) is 0 Å². The fraction of sp³-hybridized carbons (Fsp3) is 0.857. The number of hydrogen-bond donors (Lipinski definition) is 1. The molecule has 0 spiro atoms. The zero-order valence-corrected chi connectivity index (χ0v) is 13.0. The SMILES string of the molecule is CCCNc1snnc1CN1CCCCCC1CC. The Bertz CT molecular complexity index is 366. The van der Waals surface area contributed by atoms with Crippen LogP contribution in [0.2, 0.25) is 0 Å². The molecule has 5 heteroatoms. The van der Waals surface area contributed by atoms with E-state index in [9.17, 15) is 0 Å². The molecule has 0 radical (unpaired) electrons. The maximum absolute atomic E-state index is 4.33. The molecular formula is C14H26N4S. The van der Waals surface area contributed by atoms with Gasteiger partial charge in [-0.15, -0.1) is 5.10 Å². The summed E-state index contributed by atoms with van der Waals surface area (Å²) < 4.78 is 4.12. The van der Waals surface area contributed by atoms with Crippen LogP contribution in [0.25, 0.3) is 0 Å². The molecule has 1 aliphatic rings. The summed E-state index contributed by atoms with van der Waals surface area (Å²) in [4.78, 5) is 2.61. The van der Waals surface area contributed by atoms with Gasteiger partial charge in [-0.3, -0.25) is 4.90 Å². The van der Waals surface area contributed by atoms with Gasteiger partial charge in [0.1, 0.15) is 10.7 Å². The highest BCUT2D eigenvalue weighted by Crippen LogP contribution is 2.24. The molecule has 1 fully saturated rings. The fourth-order valence-electron chi connectivity index (χ4n) is 2.78. The molecule has 0 saturated carbocycles. The lowest BCUT2D eigenvalue weighted by Gasteiger charge is -2.28. The zero-order chi connectivity index (χ0) is 13.5. The maximum atomic E-state index is 4.33. The van der Waals surface area contributed by atoms with Crippen molar-refractivity contribution < 1.29 is 0 Å². The molecule has 1 atom stereocenters. The number of hydrogen-bond acceptors (Lipinski definition) is 5. The number of nitrogens with one attached hydrogen (secondary N) is 1. The second kappa shape index (κ2) is 7.80. The normalized spacial score (nSPS) is 21.3. The van der Waals surface area contributed by atoms with Crippen LogP contribution in [0, 0.1) is 0 Å². The smallest absolute Gasteiger partial charge is 0.134 e. The standard InChI is InChI=1S/C14H26N4S/c1-3-9-15-14-13(16-17-19-14)11-18-10-7-5-6-8-12(18)4-2/h12,15H,3-11H2,1-2H3. The Morgan fingerprint density at radius 3 is 3.00 bits per heavy atom. The summed E-state index contributed by atoms with van der Waals surface area (Å²) in [7, 11) is 0. The molecule has 0 bridgehead atoms. The minimum Gasteiger partial charge on any atom is -0.374 e. The average Bonchev–Trinajstić information content (AvgIpc) is 2.73. The largest absolute Gasteiger partial charge is 0.374 e. The number of nitrogens with zero attached hydrogens (tertiary/aromatic N) is 3. The molecule has 1 unspecified atom stereocenters. The van der Waals surface area contributed by atoms with Crippen LogP contribution in [0.1, 0.15) is 58.1 Å². The summed E-state index contributed by atoms with van der Waals surface area (Å²) >= 11 is 1.49. The van der Waals surface area contributed by atoms with Gasteiger partial charge in [0, 0.05) is 30.7 Å². The first-order valence-corrected chi connectivity index (χ1v) is 8.41. The summed E-state index contributed by atoms with van der Waals surface area (Å²) in [6, 6.07) is 0.725. The van der Waals surface area contributed by atoms with Crippen molar-refractivity contribution in [2.45, 2.75) is 65.0 Å². The van der Waals surface area contributed by atoms with Crippen LogP contribution in [-0.2, 0) is 6.54 Å². The molecule has 2 rings (SSSR count). The molecule has 108 valence electrons. The van der Waals surface area contributed by atoms with Crippen molar-refractivity contribution in [2.24, 2.45) is 0 Å². The van der Waals surface area contributed by atoms with Gasteiger partial charge in [0.05, 0.1) is 0 Å². The molecule has 19 heavy (non-hydrogen) atoms. The fourth-order valence-corrected chi connectivity index (χ4v) is 3.38. The van der Waals surface area contributed by atoms with Crippen LogP contribution in [0.3, 0.4) is 0 Å². The summed E-state index contributed by atoms with van der Waals surface area (Å²) in [5.74, 6) is 0. The third-order valence-electron chi connectivity index (χ3n) is 3.91. The Morgan fingerprint density at radius 2 is 2.21 bits per heavy atom. The van der Waals surface area contributed by atoms with E-state index < -0.39 is 0 Å². The molecule has 1 saturated heterocycles. The lowest BCUT2D eigenvalue weighted by Crippen LogP contribution is -2.34. The first-order chi connectivity index (χ1) is 9.35. The van der Waals surface area contributed by atoms with Crippen LogP contribution < -0.4 is 5.32 Å². The van der Waals surface area contributed by atoms with Crippen molar-refractivity contribution in [2.75, 3.05) is 18.4 Å². The predicted molar refractivity (Wildman–Crippen MR) is 81.6 cm³/mol. The summed E-state index contributed by atoms with van der Waals surface area (Å²) in [6.07, 6.45) is 7.81. The van der Waals surface area contributed by atoms with E-state index >= 15 is 0 Å². The van der Waals surface area contributed by atoms with Gasteiger partial charge in [0.25, 0.3) is 0 Å². The minimum atomic E-state index is 0.725. The molecule has 1 aromatic rings. The molecular weight excluding hydrogens is 256 g/mol. The molecule has 0 amide bonds. The Morgan fingerprint density at radius 1 is 1.32 bits per heavy atom. The van der Waals surface area contributed by atoms with Crippen LogP contribution in [0.15, 0.2) is 0 Å². The minimum absolute atomic E-state index is 0.725. The van der Waals surface area contributed by atoms with Crippen molar-refractivity contribution in [1.29, 1.82) is 0 Å². The van der Waals surface area contributed by atoms with Gasteiger partial charge in [-0.1, -0.05) is 31.2 Å². The van der Waals surface area contributed by atoms with Gasteiger partial charge in [0.2, 0.25) is 0 Å². The molecule has 1 aliphatic heterocycles. The predicted octanol–water partition coefficient (Wildman–Crippen LogP) is 3.51. The van der Waals surface area contributed by atoms with Gasteiger partial charge >= 0.3 is 0 Å².